The van der Waals surface area contributed by atoms with Gasteiger partial charge in [-0.05, 0) is 39.7 Å². The summed E-state index contributed by atoms with van der Waals surface area (Å²) in [6.45, 7) is 6.03. The van der Waals surface area contributed by atoms with Crippen molar-refractivity contribution in [2.45, 2.75) is 49.6 Å². The van der Waals surface area contributed by atoms with E-state index in [1.165, 1.54) is 23.5 Å². The van der Waals surface area contributed by atoms with Gasteiger partial charge in [0.2, 0.25) is 0 Å². The van der Waals surface area contributed by atoms with Gasteiger partial charge in [0.1, 0.15) is 5.60 Å². The quantitative estimate of drug-likeness (QED) is 0.561. The number of nitro groups is 1. The third-order valence-electron chi connectivity index (χ3n) is 4.11. The normalized spacial score (nSPS) is 18.6. The molecule has 1 aliphatic rings. The molecule has 1 aromatic heterocycles. The summed E-state index contributed by atoms with van der Waals surface area (Å²) in [7, 11) is -1.40. The first-order valence-corrected chi connectivity index (χ1v) is 10.7. The van der Waals surface area contributed by atoms with Crippen LogP contribution in [0.25, 0.3) is 10.2 Å². The molecule has 1 amide bonds. The van der Waals surface area contributed by atoms with Gasteiger partial charge in [0, 0.05) is 24.7 Å². The van der Waals surface area contributed by atoms with Crippen molar-refractivity contribution >= 4 is 44.1 Å². The van der Waals surface area contributed by atoms with Crippen LogP contribution in [0.5, 0.6) is 0 Å². The Bertz CT molecular complexity index is 906. The number of aromatic nitrogens is 1. The molecule has 0 bridgehead atoms. The highest BCUT2D eigenvalue weighted by Gasteiger charge is 2.33. The molecule has 0 spiro atoms. The standard InChI is InChI=1S/C17H21N3O5S2/c1-17(2,3)25-16(21)19-8-4-5-12(19)10-27(24)15-18-13-9-11(20(22)23)6-7-14(13)26-15/h6-7,9,12H,4-5,8,10H2,1-3H3/t12-,27+/m0/s1. The highest BCUT2D eigenvalue weighted by atomic mass is 32.2. The first-order chi connectivity index (χ1) is 12.6. The third kappa shape index (κ3) is 4.62. The van der Waals surface area contributed by atoms with E-state index in [0.717, 1.165) is 17.5 Å². The molecule has 2 atom stereocenters. The second-order valence-electron chi connectivity index (χ2n) is 7.37. The summed E-state index contributed by atoms with van der Waals surface area (Å²) in [5.41, 5.74) is -0.157. The van der Waals surface area contributed by atoms with Crippen LogP contribution in [0, 0.1) is 10.1 Å². The van der Waals surface area contributed by atoms with E-state index in [-0.39, 0.29) is 23.6 Å². The Hall–Kier alpha value is -2.07. The van der Waals surface area contributed by atoms with E-state index in [2.05, 4.69) is 4.98 Å². The SMILES string of the molecule is CC(C)(C)OC(=O)N1CCC[C@H]1C[S@@](=O)c1nc2cc([N+](=O)[O-])ccc2s1. The third-order valence-corrected chi connectivity index (χ3v) is 6.91. The van der Waals surface area contributed by atoms with Crippen LogP contribution >= 0.6 is 11.3 Å². The van der Waals surface area contributed by atoms with Crippen LogP contribution in [0.4, 0.5) is 10.5 Å². The van der Waals surface area contributed by atoms with Crippen LogP contribution in [0.15, 0.2) is 22.5 Å². The number of ether oxygens (including phenoxy) is 1. The molecule has 10 heteroatoms. The largest absolute Gasteiger partial charge is 0.444 e. The summed E-state index contributed by atoms with van der Waals surface area (Å²) in [6, 6.07) is 4.25. The number of rotatable bonds is 4. The van der Waals surface area contributed by atoms with Gasteiger partial charge < -0.3 is 9.64 Å². The van der Waals surface area contributed by atoms with Crippen molar-refractivity contribution in [2.24, 2.45) is 0 Å². The number of non-ortho nitro benzene ring substituents is 1. The minimum Gasteiger partial charge on any atom is -0.444 e. The molecular formula is C17H21N3O5S2. The molecule has 1 aromatic carbocycles. The van der Waals surface area contributed by atoms with Crippen LogP contribution in [0.1, 0.15) is 33.6 Å². The second kappa shape index (κ2) is 7.51. The monoisotopic (exact) mass is 411 g/mol. The lowest BCUT2D eigenvalue weighted by atomic mass is 10.2. The van der Waals surface area contributed by atoms with E-state index in [1.807, 2.05) is 20.8 Å². The number of thiazole rings is 1. The molecule has 1 fully saturated rings. The van der Waals surface area contributed by atoms with E-state index in [1.54, 1.807) is 11.0 Å². The predicted molar refractivity (Wildman–Crippen MR) is 104 cm³/mol. The van der Waals surface area contributed by atoms with Crippen molar-refractivity contribution < 1.29 is 18.7 Å². The van der Waals surface area contributed by atoms with Crippen LogP contribution in [-0.4, -0.2) is 49.0 Å². The van der Waals surface area contributed by atoms with Crippen molar-refractivity contribution in [1.82, 2.24) is 9.88 Å². The summed E-state index contributed by atoms with van der Waals surface area (Å²) >= 11 is 1.26. The Morgan fingerprint density at radius 1 is 1.48 bits per heavy atom. The van der Waals surface area contributed by atoms with E-state index in [0.29, 0.717) is 16.4 Å². The molecule has 0 N–H and O–H groups in total. The number of amides is 1. The number of carbonyl (C=O) groups excluding carboxylic acids is 1. The highest BCUT2D eigenvalue weighted by Crippen LogP contribution is 2.29. The fourth-order valence-corrected chi connectivity index (χ4v) is 5.48. The topological polar surface area (TPSA) is 103 Å². The summed E-state index contributed by atoms with van der Waals surface area (Å²) < 4.78 is 19.4. The maximum atomic E-state index is 12.8. The van der Waals surface area contributed by atoms with Crippen LogP contribution < -0.4 is 0 Å². The van der Waals surface area contributed by atoms with Crippen LogP contribution in [0.3, 0.4) is 0 Å². The first-order valence-electron chi connectivity index (χ1n) is 8.57. The fraction of sp³-hybridized carbons (Fsp3) is 0.529. The number of hydrogen-bond acceptors (Lipinski definition) is 7. The van der Waals surface area contributed by atoms with E-state index in [4.69, 9.17) is 4.74 Å². The second-order valence-corrected chi connectivity index (χ2v) is 10.1. The van der Waals surface area contributed by atoms with Crippen molar-refractivity contribution in [1.29, 1.82) is 0 Å². The maximum absolute atomic E-state index is 12.8. The van der Waals surface area contributed by atoms with Gasteiger partial charge in [-0.1, -0.05) is 0 Å². The van der Waals surface area contributed by atoms with Gasteiger partial charge in [-0.2, -0.15) is 0 Å². The van der Waals surface area contributed by atoms with Gasteiger partial charge in [-0.15, -0.1) is 11.3 Å². The molecule has 2 heterocycles. The molecule has 0 saturated carbocycles. The first kappa shape index (κ1) is 19.7. The molecule has 0 unspecified atom stereocenters. The maximum Gasteiger partial charge on any atom is 0.410 e. The Morgan fingerprint density at radius 2 is 2.22 bits per heavy atom. The van der Waals surface area contributed by atoms with Gasteiger partial charge >= 0.3 is 6.09 Å². The zero-order valence-electron chi connectivity index (χ0n) is 15.3. The number of carbonyl (C=O) groups is 1. The summed E-state index contributed by atoms with van der Waals surface area (Å²) in [5.74, 6) is 0.279. The zero-order valence-corrected chi connectivity index (χ0v) is 17.0. The Labute approximate surface area is 163 Å². The molecule has 146 valence electrons. The molecule has 3 rings (SSSR count). The fourth-order valence-electron chi connectivity index (χ4n) is 2.92. The van der Waals surface area contributed by atoms with Crippen molar-refractivity contribution in [3.63, 3.8) is 0 Å². The molecule has 1 aliphatic heterocycles. The molecule has 2 aromatic rings. The molecule has 0 radical (unpaired) electrons. The molecule has 8 nitrogen and oxygen atoms in total. The number of benzene rings is 1. The molecular weight excluding hydrogens is 390 g/mol. The lowest BCUT2D eigenvalue weighted by Gasteiger charge is -2.28. The minimum atomic E-state index is -1.40. The number of nitro benzene ring substituents is 1. The summed E-state index contributed by atoms with van der Waals surface area (Å²) in [5, 5.41) is 10.9. The predicted octanol–water partition coefficient (Wildman–Crippen LogP) is 3.71. The average molecular weight is 412 g/mol. The van der Waals surface area contributed by atoms with Gasteiger partial charge in [-0.25, -0.2) is 9.78 Å². The van der Waals surface area contributed by atoms with Crippen molar-refractivity contribution in [2.75, 3.05) is 12.3 Å². The smallest absolute Gasteiger partial charge is 0.410 e. The molecule has 27 heavy (non-hydrogen) atoms. The minimum absolute atomic E-state index is 0.0444. The number of likely N-dealkylation sites (tertiary alicyclic amines) is 1. The van der Waals surface area contributed by atoms with Crippen LogP contribution in [-0.2, 0) is 15.5 Å². The zero-order chi connectivity index (χ0) is 19.8. The Kier molecular flexibility index (Phi) is 5.48. The number of hydrogen-bond donors (Lipinski definition) is 0. The highest BCUT2D eigenvalue weighted by molar-refractivity contribution is 7.87. The lowest BCUT2D eigenvalue weighted by Crippen LogP contribution is -2.42. The van der Waals surface area contributed by atoms with E-state index in [9.17, 15) is 19.1 Å². The lowest BCUT2D eigenvalue weighted by molar-refractivity contribution is -0.384. The van der Waals surface area contributed by atoms with Gasteiger partial charge in [0.25, 0.3) is 5.69 Å². The Morgan fingerprint density at radius 3 is 2.89 bits per heavy atom. The van der Waals surface area contributed by atoms with Gasteiger partial charge in [0.05, 0.1) is 31.7 Å². The van der Waals surface area contributed by atoms with Crippen molar-refractivity contribution in [3.05, 3.63) is 28.3 Å². The molecule has 0 aliphatic carbocycles. The van der Waals surface area contributed by atoms with E-state index >= 15 is 0 Å². The summed E-state index contributed by atoms with van der Waals surface area (Å²) in [4.78, 5) is 28.7. The van der Waals surface area contributed by atoms with Crippen molar-refractivity contribution in [3.8, 4) is 0 Å². The number of nitrogens with zero attached hydrogens (tertiary/aromatic N) is 3. The summed E-state index contributed by atoms with van der Waals surface area (Å²) in [6.07, 6.45) is 1.22. The number of fused-ring (bicyclic) bond motifs is 1. The van der Waals surface area contributed by atoms with Gasteiger partial charge in [0.15, 0.2) is 4.34 Å². The van der Waals surface area contributed by atoms with E-state index < -0.39 is 21.3 Å². The average Bonchev–Trinajstić information content (AvgIpc) is 3.18. The Balaban J connectivity index is 1.73. The van der Waals surface area contributed by atoms with Crippen LogP contribution in [0.2, 0.25) is 0 Å². The van der Waals surface area contributed by atoms with Gasteiger partial charge in [-0.3, -0.25) is 14.3 Å². The molecule has 1 saturated heterocycles.